The second-order valence-corrected chi connectivity index (χ2v) is 7.69. The third-order valence-corrected chi connectivity index (χ3v) is 5.31. The van der Waals surface area contributed by atoms with Crippen molar-refractivity contribution < 1.29 is 9.21 Å². The molecule has 8 nitrogen and oxygen atoms in total. The molecule has 1 N–H and O–H groups in total. The van der Waals surface area contributed by atoms with E-state index in [-0.39, 0.29) is 18.0 Å². The number of amides is 1. The zero-order valence-electron chi connectivity index (χ0n) is 17.9. The largest absolute Gasteiger partial charge is 0.463 e. The van der Waals surface area contributed by atoms with Crippen molar-refractivity contribution in [3.05, 3.63) is 70.5 Å². The number of carbonyl (C=O) groups excluding carboxylic acids is 1. The Labute approximate surface area is 180 Å². The molecule has 31 heavy (non-hydrogen) atoms. The molecule has 0 atom stereocenters. The van der Waals surface area contributed by atoms with Crippen molar-refractivity contribution in [3.8, 4) is 0 Å². The standard InChI is InChI=1S/C23H27N5O3/c1-3-21-25-27(23(30)19-14-20-18(28(19)21)10-13-31-20)16-22(29)24-11-7-12-26(2)15-17-8-5-4-6-9-17/h4-6,8-10,13-14H,3,7,11-12,15-16H2,1-2H3,(H,24,29). The van der Waals surface area contributed by atoms with Gasteiger partial charge in [0.2, 0.25) is 5.91 Å². The van der Waals surface area contributed by atoms with Crippen LogP contribution >= 0.6 is 0 Å². The first kappa shape index (κ1) is 20.9. The third kappa shape index (κ3) is 4.54. The first-order chi connectivity index (χ1) is 15.1. The fraction of sp³-hybridized carbons (Fsp3) is 0.348. The Morgan fingerprint density at radius 1 is 1.19 bits per heavy atom. The molecule has 0 spiro atoms. The van der Waals surface area contributed by atoms with E-state index in [2.05, 4.69) is 34.5 Å². The molecule has 4 rings (SSSR count). The van der Waals surface area contributed by atoms with Gasteiger partial charge in [0, 0.05) is 31.6 Å². The number of furan rings is 1. The zero-order valence-corrected chi connectivity index (χ0v) is 17.9. The van der Waals surface area contributed by atoms with Crippen LogP contribution in [0.2, 0.25) is 0 Å². The lowest BCUT2D eigenvalue weighted by Gasteiger charge is -2.16. The number of nitrogens with one attached hydrogen (secondary N) is 1. The van der Waals surface area contributed by atoms with E-state index in [4.69, 9.17) is 4.42 Å². The summed E-state index contributed by atoms with van der Waals surface area (Å²) in [7, 11) is 2.06. The van der Waals surface area contributed by atoms with Crippen LogP contribution in [0.5, 0.6) is 0 Å². The number of aryl methyl sites for hydroxylation is 1. The smallest absolute Gasteiger partial charge is 0.291 e. The van der Waals surface area contributed by atoms with E-state index >= 15 is 0 Å². The van der Waals surface area contributed by atoms with Gasteiger partial charge in [0.25, 0.3) is 5.56 Å². The minimum atomic E-state index is -0.304. The Kier molecular flexibility index (Phi) is 6.18. The summed E-state index contributed by atoms with van der Waals surface area (Å²) >= 11 is 0. The minimum Gasteiger partial charge on any atom is -0.463 e. The van der Waals surface area contributed by atoms with Gasteiger partial charge in [0.15, 0.2) is 5.58 Å². The maximum Gasteiger partial charge on any atom is 0.291 e. The fourth-order valence-corrected chi connectivity index (χ4v) is 3.80. The molecule has 0 aliphatic carbocycles. The Balaban J connectivity index is 1.34. The van der Waals surface area contributed by atoms with Crippen LogP contribution in [0.3, 0.4) is 0 Å². The lowest BCUT2D eigenvalue weighted by molar-refractivity contribution is -0.121. The molecule has 0 saturated carbocycles. The van der Waals surface area contributed by atoms with Crippen LogP contribution < -0.4 is 10.9 Å². The van der Waals surface area contributed by atoms with Gasteiger partial charge in [0.05, 0.1) is 11.8 Å². The first-order valence-corrected chi connectivity index (χ1v) is 10.5. The number of hydrogen-bond acceptors (Lipinski definition) is 5. The van der Waals surface area contributed by atoms with Crippen LogP contribution in [0.1, 0.15) is 24.7 Å². The third-order valence-electron chi connectivity index (χ3n) is 5.31. The average Bonchev–Trinajstić information content (AvgIpc) is 3.36. The lowest BCUT2D eigenvalue weighted by Crippen LogP contribution is -2.36. The number of nitrogens with zero attached hydrogens (tertiary/aromatic N) is 4. The summed E-state index contributed by atoms with van der Waals surface area (Å²) in [6, 6.07) is 13.8. The molecule has 0 bridgehead atoms. The normalized spacial score (nSPS) is 11.6. The number of carbonyl (C=O) groups is 1. The van der Waals surface area contributed by atoms with Crippen LogP contribution in [0, 0.1) is 0 Å². The summed E-state index contributed by atoms with van der Waals surface area (Å²) in [6.45, 7) is 4.15. The predicted octanol–water partition coefficient (Wildman–Crippen LogP) is 2.44. The van der Waals surface area contributed by atoms with Crippen molar-refractivity contribution in [3.63, 3.8) is 0 Å². The van der Waals surface area contributed by atoms with Crippen molar-refractivity contribution in [1.29, 1.82) is 0 Å². The van der Waals surface area contributed by atoms with Crippen LogP contribution in [-0.2, 0) is 24.3 Å². The van der Waals surface area contributed by atoms with Crippen molar-refractivity contribution in [1.82, 2.24) is 24.4 Å². The van der Waals surface area contributed by atoms with Gasteiger partial charge < -0.3 is 14.6 Å². The SMILES string of the molecule is CCc1nn(CC(=O)NCCCN(C)Cc2ccccc2)c(=O)c2cc3occc3n12. The molecule has 162 valence electrons. The molecule has 0 radical (unpaired) electrons. The number of rotatable bonds is 9. The van der Waals surface area contributed by atoms with Gasteiger partial charge in [-0.2, -0.15) is 5.10 Å². The van der Waals surface area contributed by atoms with Crippen molar-refractivity contribution >= 4 is 22.5 Å². The maximum absolute atomic E-state index is 12.8. The highest BCUT2D eigenvalue weighted by molar-refractivity contribution is 5.82. The van der Waals surface area contributed by atoms with E-state index in [1.807, 2.05) is 31.2 Å². The van der Waals surface area contributed by atoms with Gasteiger partial charge in [0.1, 0.15) is 17.9 Å². The Bertz CT molecular complexity index is 1240. The van der Waals surface area contributed by atoms with Crippen molar-refractivity contribution in [2.75, 3.05) is 20.1 Å². The average molecular weight is 422 g/mol. The quantitative estimate of drug-likeness (QED) is 0.420. The molecule has 1 aromatic carbocycles. The summed E-state index contributed by atoms with van der Waals surface area (Å²) in [5.41, 5.74) is 2.87. The number of fused-ring (bicyclic) bond motifs is 3. The molecular weight excluding hydrogens is 394 g/mol. The first-order valence-electron chi connectivity index (χ1n) is 10.5. The number of hydrogen-bond donors (Lipinski definition) is 1. The van der Waals surface area contributed by atoms with E-state index in [0.29, 0.717) is 29.9 Å². The maximum atomic E-state index is 12.8. The van der Waals surface area contributed by atoms with E-state index in [0.717, 1.165) is 25.0 Å². The predicted molar refractivity (Wildman–Crippen MR) is 119 cm³/mol. The molecule has 1 amide bonds. The molecule has 0 fully saturated rings. The summed E-state index contributed by atoms with van der Waals surface area (Å²) in [5, 5.41) is 7.31. The van der Waals surface area contributed by atoms with Crippen LogP contribution in [0.4, 0.5) is 0 Å². The highest BCUT2D eigenvalue weighted by Gasteiger charge is 2.16. The van der Waals surface area contributed by atoms with E-state index in [1.54, 1.807) is 16.7 Å². The summed E-state index contributed by atoms with van der Waals surface area (Å²) in [5.74, 6) is 0.489. The Morgan fingerprint density at radius 3 is 2.77 bits per heavy atom. The lowest BCUT2D eigenvalue weighted by atomic mass is 10.2. The van der Waals surface area contributed by atoms with Gasteiger partial charge in [-0.05, 0) is 25.6 Å². The Morgan fingerprint density at radius 2 is 2.00 bits per heavy atom. The van der Waals surface area contributed by atoms with Gasteiger partial charge in [-0.25, -0.2) is 4.68 Å². The van der Waals surface area contributed by atoms with Crippen LogP contribution in [-0.4, -0.2) is 45.1 Å². The molecule has 0 unspecified atom stereocenters. The van der Waals surface area contributed by atoms with Crippen LogP contribution in [0.25, 0.3) is 16.6 Å². The molecule has 8 heteroatoms. The molecule has 3 aromatic heterocycles. The molecule has 0 saturated heterocycles. The number of benzene rings is 1. The second kappa shape index (κ2) is 9.18. The molecule has 0 aliphatic heterocycles. The van der Waals surface area contributed by atoms with Crippen LogP contribution in [0.15, 0.2) is 57.9 Å². The van der Waals surface area contributed by atoms with Crippen molar-refractivity contribution in [2.24, 2.45) is 0 Å². The van der Waals surface area contributed by atoms with E-state index in [9.17, 15) is 9.59 Å². The van der Waals surface area contributed by atoms with Gasteiger partial charge >= 0.3 is 0 Å². The molecule has 3 heterocycles. The fourth-order valence-electron chi connectivity index (χ4n) is 3.80. The summed E-state index contributed by atoms with van der Waals surface area (Å²) < 4.78 is 8.46. The monoisotopic (exact) mass is 421 g/mol. The molecule has 0 aliphatic rings. The van der Waals surface area contributed by atoms with Gasteiger partial charge in [-0.3, -0.25) is 14.0 Å². The molecule has 4 aromatic rings. The minimum absolute atomic E-state index is 0.102. The molecular formula is C23H27N5O3. The number of aromatic nitrogens is 3. The highest BCUT2D eigenvalue weighted by atomic mass is 16.3. The zero-order chi connectivity index (χ0) is 21.8. The second-order valence-electron chi connectivity index (χ2n) is 7.69. The van der Waals surface area contributed by atoms with E-state index < -0.39 is 0 Å². The van der Waals surface area contributed by atoms with Crippen molar-refractivity contribution in [2.45, 2.75) is 32.9 Å². The summed E-state index contributed by atoms with van der Waals surface area (Å²) in [6.07, 6.45) is 3.04. The summed E-state index contributed by atoms with van der Waals surface area (Å²) in [4.78, 5) is 27.5. The van der Waals surface area contributed by atoms with Gasteiger partial charge in [-0.1, -0.05) is 37.3 Å². The Hall–Kier alpha value is -3.39. The van der Waals surface area contributed by atoms with E-state index in [1.165, 1.54) is 10.2 Å². The highest BCUT2D eigenvalue weighted by Crippen LogP contribution is 2.20. The van der Waals surface area contributed by atoms with Gasteiger partial charge in [-0.15, -0.1) is 0 Å². The topological polar surface area (TPSA) is 84.8 Å².